The summed E-state index contributed by atoms with van der Waals surface area (Å²) in [6, 6.07) is 13.8. The summed E-state index contributed by atoms with van der Waals surface area (Å²) in [5.74, 6) is 0.275. The van der Waals surface area contributed by atoms with E-state index in [0.29, 0.717) is 46.4 Å². The molecule has 5 bridgehead atoms. The molecule has 8 N–H and O–H groups in total. The number of nitrogens with zero attached hydrogens (tertiary/aromatic N) is 4. The molecule has 1 aromatic carbocycles. The third-order valence-electron chi connectivity index (χ3n) is 6.50. The molecule has 0 unspecified atom stereocenters. The molecule has 184 valence electrons. The lowest BCUT2D eigenvalue weighted by molar-refractivity contribution is 0.849. The minimum atomic E-state index is -0.501. The summed E-state index contributed by atoms with van der Waals surface area (Å²) < 4.78 is 2.55. The van der Waals surface area contributed by atoms with Gasteiger partial charge in [-0.25, -0.2) is 14.5 Å². The Kier molecular flexibility index (Phi) is 4.44. The molecule has 13 heteroatoms. The quantitative estimate of drug-likeness (QED) is 0.210. The van der Waals surface area contributed by atoms with Crippen LogP contribution >= 0.6 is 11.3 Å². The number of H-pyrrole nitrogens is 4. The molecular weight excluding hydrogens is 492 g/mol. The summed E-state index contributed by atoms with van der Waals surface area (Å²) in [6.45, 7) is 0. The predicted octanol–water partition coefficient (Wildman–Crippen LogP) is 2.29. The summed E-state index contributed by atoms with van der Waals surface area (Å²) in [7, 11) is 0. The lowest BCUT2D eigenvalue weighted by Gasteiger charge is -2.02. The van der Waals surface area contributed by atoms with Gasteiger partial charge < -0.3 is 16.5 Å². The fourth-order valence-electron chi connectivity index (χ4n) is 4.77. The van der Waals surface area contributed by atoms with Gasteiger partial charge in [0.2, 0.25) is 11.7 Å². The van der Waals surface area contributed by atoms with Crippen molar-refractivity contribution in [2.24, 2.45) is 0 Å². The molecule has 12 nitrogen and oxygen atoms in total. The molecule has 0 aliphatic heterocycles. The Morgan fingerprint density at radius 2 is 1.70 bits per heavy atom. The Hall–Kier alpha value is -5.04. The smallest absolute Gasteiger partial charge is 0.300 e. The fraction of sp³-hybridized carbons (Fsp3) is 0.0833. The van der Waals surface area contributed by atoms with E-state index in [2.05, 4.69) is 30.1 Å². The molecule has 0 saturated heterocycles. The van der Waals surface area contributed by atoms with Crippen molar-refractivity contribution in [2.45, 2.75) is 12.8 Å². The van der Waals surface area contributed by atoms with Crippen LogP contribution in [-0.2, 0) is 12.8 Å². The maximum Gasteiger partial charge on any atom is 0.300 e. The molecule has 0 saturated carbocycles. The second-order valence-electron chi connectivity index (χ2n) is 8.77. The van der Waals surface area contributed by atoms with Crippen LogP contribution in [-0.4, -0.2) is 39.2 Å². The number of nitrogens with one attached hydrogen (secondary N) is 4. The second kappa shape index (κ2) is 7.73. The van der Waals surface area contributed by atoms with Crippen molar-refractivity contribution >= 4 is 56.6 Å². The molecule has 7 aromatic rings. The van der Waals surface area contributed by atoms with Crippen molar-refractivity contribution < 1.29 is 0 Å². The Morgan fingerprint density at radius 3 is 2.49 bits per heavy atom. The highest BCUT2D eigenvalue weighted by molar-refractivity contribution is 7.09. The normalized spacial score (nSPS) is 11.9. The van der Waals surface area contributed by atoms with Crippen LogP contribution in [0.2, 0.25) is 0 Å². The van der Waals surface area contributed by atoms with Crippen LogP contribution in [0.5, 0.6) is 0 Å². The monoisotopic (exact) mass is 512 g/mol. The van der Waals surface area contributed by atoms with Gasteiger partial charge in [0.25, 0.3) is 5.56 Å². The molecule has 6 aromatic heterocycles. The van der Waals surface area contributed by atoms with Gasteiger partial charge in [-0.1, -0.05) is 36.4 Å². The first-order chi connectivity index (χ1) is 18.0. The lowest BCUT2D eigenvalue weighted by Crippen LogP contribution is -2.22. The number of aromatic amines is 4. The minimum Gasteiger partial charge on any atom is -0.383 e. The standard InChI is InChI=1S/C24H20N10O2S/c25-19-13(10-12-7-4-8-37-12)16-18-22(36)34(23(26)28-16)32-24-29-15-14(9-11-5-2-1-3-6-11)20(31-33(18)19)27-17(15)21(35)30-24/h1-8,27,31H,9-10,25H2,(H2,26,28)(H2,29,30,32,35). The van der Waals surface area contributed by atoms with E-state index in [1.807, 2.05) is 47.8 Å². The maximum atomic E-state index is 13.7. The highest BCUT2D eigenvalue weighted by Crippen LogP contribution is 2.28. The van der Waals surface area contributed by atoms with E-state index in [9.17, 15) is 9.59 Å². The third-order valence-corrected chi connectivity index (χ3v) is 7.37. The number of anilines is 2. The number of nitrogen functional groups attached to an aromatic ring is 2. The number of aromatic nitrogens is 8. The van der Waals surface area contributed by atoms with Crippen molar-refractivity contribution in [2.75, 3.05) is 11.5 Å². The topological polar surface area (TPSA) is 184 Å². The molecule has 0 aliphatic rings. The van der Waals surface area contributed by atoms with Gasteiger partial charge >= 0.3 is 5.56 Å². The SMILES string of the molecule is Nc1nc2c(Cc3cccs3)c(N)n3[nH]c4[nH]c5c(=O)[nH]c(nc5c4Cc4ccccc4)[nH]n1c(=O)c23. The van der Waals surface area contributed by atoms with Gasteiger partial charge in [-0.2, -0.15) is 4.52 Å². The van der Waals surface area contributed by atoms with E-state index < -0.39 is 11.1 Å². The molecule has 7 rings (SSSR count). The molecule has 0 radical (unpaired) electrons. The Labute approximate surface area is 210 Å². The number of rotatable bonds is 4. The molecule has 0 fully saturated rings. The summed E-state index contributed by atoms with van der Waals surface area (Å²) in [6.07, 6.45) is 0.948. The summed E-state index contributed by atoms with van der Waals surface area (Å²) in [5, 5.41) is 8.06. The Balaban J connectivity index is 1.67. The van der Waals surface area contributed by atoms with Gasteiger partial charge in [-0.3, -0.25) is 24.8 Å². The minimum absolute atomic E-state index is 0.0547. The van der Waals surface area contributed by atoms with Crippen molar-refractivity contribution in [1.82, 2.24) is 39.2 Å². The highest BCUT2D eigenvalue weighted by Gasteiger charge is 2.22. The molecular formula is C24H20N10O2S. The van der Waals surface area contributed by atoms with Gasteiger partial charge in [0.1, 0.15) is 28.0 Å². The number of fused-ring (bicyclic) bond motifs is 3. The van der Waals surface area contributed by atoms with Crippen molar-refractivity contribution in [3.63, 3.8) is 0 Å². The van der Waals surface area contributed by atoms with Crippen molar-refractivity contribution in [1.29, 1.82) is 0 Å². The van der Waals surface area contributed by atoms with E-state index in [1.54, 1.807) is 11.3 Å². The van der Waals surface area contributed by atoms with Gasteiger partial charge in [-0.05, 0) is 17.0 Å². The van der Waals surface area contributed by atoms with Gasteiger partial charge in [0.05, 0.1) is 0 Å². The third kappa shape index (κ3) is 3.21. The summed E-state index contributed by atoms with van der Waals surface area (Å²) >= 11 is 1.58. The van der Waals surface area contributed by atoms with Crippen LogP contribution in [0.25, 0.3) is 33.5 Å². The zero-order valence-corrected chi connectivity index (χ0v) is 20.0. The van der Waals surface area contributed by atoms with E-state index in [-0.39, 0.29) is 17.2 Å². The average Bonchev–Trinajstić information content (AvgIpc) is 3.58. The number of nitrogens with two attached hydrogens (primary N) is 2. The first kappa shape index (κ1) is 21.3. The van der Waals surface area contributed by atoms with Crippen molar-refractivity contribution in [3.05, 3.63) is 90.1 Å². The van der Waals surface area contributed by atoms with Gasteiger partial charge in [0.15, 0.2) is 5.52 Å². The fourth-order valence-corrected chi connectivity index (χ4v) is 5.48. The molecule has 0 aliphatic carbocycles. The number of thiophene rings is 1. The largest absolute Gasteiger partial charge is 0.383 e. The number of hydrogen-bond donors (Lipinski definition) is 6. The first-order valence-electron chi connectivity index (χ1n) is 11.4. The van der Waals surface area contributed by atoms with Crippen LogP contribution < -0.4 is 22.6 Å². The molecule has 0 atom stereocenters. The number of benzene rings is 1. The zero-order valence-electron chi connectivity index (χ0n) is 19.2. The molecule has 0 amide bonds. The average molecular weight is 513 g/mol. The van der Waals surface area contributed by atoms with Crippen LogP contribution in [0, 0.1) is 0 Å². The van der Waals surface area contributed by atoms with E-state index in [0.717, 1.165) is 20.5 Å². The van der Waals surface area contributed by atoms with Crippen LogP contribution in [0.4, 0.5) is 11.8 Å². The Bertz CT molecular complexity index is 2100. The van der Waals surface area contributed by atoms with E-state index in [4.69, 9.17) is 11.5 Å². The van der Waals surface area contributed by atoms with Gasteiger partial charge in [0, 0.05) is 28.8 Å². The van der Waals surface area contributed by atoms with Crippen LogP contribution in [0.3, 0.4) is 0 Å². The van der Waals surface area contributed by atoms with E-state index >= 15 is 0 Å². The lowest BCUT2D eigenvalue weighted by atomic mass is 10.1. The van der Waals surface area contributed by atoms with E-state index in [1.165, 1.54) is 4.52 Å². The summed E-state index contributed by atoms with van der Waals surface area (Å²) in [4.78, 5) is 42.7. The first-order valence-corrected chi connectivity index (χ1v) is 12.3. The molecule has 0 spiro atoms. The second-order valence-corrected chi connectivity index (χ2v) is 9.80. The molecule has 6 heterocycles. The van der Waals surface area contributed by atoms with Crippen LogP contribution in [0.15, 0.2) is 57.4 Å². The maximum absolute atomic E-state index is 13.7. The van der Waals surface area contributed by atoms with Crippen LogP contribution in [0.1, 0.15) is 21.6 Å². The Morgan fingerprint density at radius 1 is 0.865 bits per heavy atom. The molecule has 37 heavy (non-hydrogen) atoms. The predicted molar refractivity (Wildman–Crippen MR) is 143 cm³/mol. The van der Waals surface area contributed by atoms with Gasteiger partial charge in [-0.15, -0.1) is 11.3 Å². The van der Waals surface area contributed by atoms with Crippen molar-refractivity contribution in [3.8, 4) is 0 Å². The number of hydrogen-bond acceptors (Lipinski definition) is 7. The highest BCUT2D eigenvalue weighted by atomic mass is 32.1. The zero-order chi connectivity index (χ0) is 25.3. The summed E-state index contributed by atoms with van der Waals surface area (Å²) in [5.41, 5.74) is 16.2.